The van der Waals surface area contributed by atoms with Crippen molar-refractivity contribution in [1.82, 2.24) is 0 Å². The molecule has 0 saturated carbocycles. The number of hydrogen-bond acceptors (Lipinski definition) is 3. The molecule has 0 aliphatic heterocycles. The molecular formula is C18H15Na2O3P2+. The smallest absolute Gasteiger partial charge is 0.598 e. The average Bonchev–Trinajstić information content (AvgIpc) is 2.58. The van der Waals surface area contributed by atoms with Crippen LogP contribution in [0.2, 0.25) is 0 Å². The van der Waals surface area contributed by atoms with Crippen molar-refractivity contribution in [2.45, 2.75) is 0 Å². The number of benzene rings is 3. The fraction of sp³-hybridized carbons (Fsp3) is 0. The zero-order valence-electron chi connectivity index (χ0n) is 14.3. The van der Waals surface area contributed by atoms with Gasteiger partial charge in [-0.1, -0.05) is 95.6 Å². The van der Waals surface area contributed by atoms with Crippen molar-refractivity contribution in [3.8, 4) is 0 Å². The van der Waals surface area contributed by atoms with Crippen molar-refractivity contribution in [3.63, 3.8) is 0 Å². The summed E-state index contributed by atoms with van der Waals surface area (Å²) in [5, 5.41) is 4.19. The topological polar surface area (TPSA) is 63.2 Å². The first-order chi connectivity index (χ1) is 11.2. The van der Waals surface area contributed by atoms with Gasteiger partial charge in [-0.3, -0.25) is 0 Å². The minimum Gasteiger partial charge on any atom is -0.598 e. The summed E-state index contributed by atoms with van der Waals surface area (Å²) in [6.07, 6.45) is 0. The molecule has 116 valence electrons. The molecule has 0 fully saturated rings. The summed E-state index contributed by atoms with van der Waals surface area (Å²) in [6.45, 7) is 0. The van der Waals surface area contributed by atoms with Crippen LogP contribution in [0.3, 0.4) is 0 Å². The zero-order chi connectivity index (χ0) is 16.5. The van der Waals surface area contributed by atoms with Gasteiger partial charge in [-0.25, -0.2) is 0 Å². The molecule has 3 rings (SSSR count). The molecule has 0 bridgehead atoms. The Labute approximate surface area is 194 Å². The van der Waals surface area contributed by atoms with E-state index in [1.807, 2.05) is 0 Å². The SMILES string of the molecule is O=[P+]([O-])[O-].[Na+].[Na+].c1ccc(P(c2ccccc2)c2ccccc2)cc1. The second-order valence-electron chi connectivity index (χ2n) is 4.57. The molecular weight excluding hydrogens is 372 g/mol. The first kappa shape index (κ1) is 25.1. The Bertz CT molecular complexity index is 631. The van der Waals surface area contributed by atoms with Crippen molar-refractivity contribution in [2.75, 3.05) is 0 Å². The number of hydrogen-bond donors (Lipinski definition) is 0. The molecule has 0 amide bonds. The molecule has 0 atom stereocenters. The largest absolute Gasteiger partial charge is 1.00 e. The Balaban J connectivity index is 0.000000874. The van der Waals surface area contributed by atoms with Gasteiger partial charge in [0.25, 0.3) is 8.25 Å². The van der Waals surface area contributed by atoms with Crippen LogP contribution in [0.1, 0.15) is 0 Å². The molecule has 0 aliphatic carbocycles. The summed E-state index contributed by atoms with van der Waals surface area (Å²) in [5.74, 6) is 0. The Morgan fingerprint density at radius 2 is 0.760 bits per heavy atom. The Morgan fingerprint density at radius 3 is 0.960 bits per heavy atom. The van der Waals surface area contributed by atoms with Gasteiger partial charge in [-0.05, 0) is 23.8 Å². The predicted molar refractivity (Wildman–Crippen MR) is 92.8 cm³/mol. The first-order valence-electron chi connectivity index (χ1n) is 6.95. The fourth-order valence-electron chi connectivity index (χ4n) is 2.18. The van der Waals surface area contributed by atoms with Crippen molar-refractivity contribution >= 4 is 32.1 Å². The minimum absolute atomic E-state index is 0. The van der Waals surface area contributed by atoms with Crippen LogP contribution < -0.4 is 84.8 Å². The van der Waals surface area contributed by atoms with Crippen molar-refractivity contribution in [2.24, 2.45) is 0 Å². The van der Waals surface area contributed by atoms with E-state index >= 15 is 0 Å². The van der Waals surface area contributed by atoms with Crippen molar-refractivity contribution in [3.05, 3.63) is 91.0 Å². The molecule has 0 aromatic heterocycles. The van der Waals surface area contributed by atoms with Crippen LogP contribution in [0.4, 0.5) is 0 Å². The second-order valence-corrected chi connectivity index (χ2v) is 7.23. The quantitative estimate of drug-likeness (QED) is 0.339. The summed E-state index contributed by atoms with van der Waals surface area (Å²) in [4.78, 5) is 17.0. The normalized spacial score (nSPS) is 9.08. The molecule has 0 N–H and O–H groups in total. The van der Waals surface area contributed by atoms with Crippen LogP contribution in [0.5, 0.6) is 0 Å². The van der Waals surface area contributed by atoms with Crippen LogP contribution in [-0.2, 0) is 4.57 Å². The molecule has 7 heteroatoms. The van der Waals surface area contributed by atoms with E-state index in [2.05, 4.69) is 91.0 Å². The van der Waals surface area contributed by atoms with Crippen LogP contribution in [0.15, 0.2) is 91.0 Å². The Kier molecular flexibility index (Phi) is 14.3. The van der Waals surface area contributed by atoms with Gasteiger partial charge >= 0.3 is 59.1 Å². The van der Waals surface area contributed by atoms with E-state index in [4.69, 9.17) is 14.4 Å². The van der Waals surface area contributed by atoms with Crippen LogP contribution in [-0.4, -0.2) is 0 Å². The van der Waals surface area contributed by atoms with E-state index in [-0.39, 0.29) is 59.1 Å². The van der Waals surface area contributed by atoms with Gasteiger partial charge in [0.2, 0.25) is 0 Å². The maximum absolute atomic E-state index is 8.48. The maximum Gasteiger partial charge on any atom is 1.00 e. The summed E-state index contributed by atoms with van der Waals surface area (Å²) < 4.78 is 8.48. The van der Waals surface area contributed by atoms with Crippen molar-refractivity contribution < 1.29 is 73.5 Å². The first-order valence-corrected chi connectivity index (χ1v) is 9.39. The molecule has 0 spiro atoms. The number of rotatable bonds is 3. The predicted octanol–water partition coefficient (Wildman–Crippen LogP) is -4.18. The van der Waals surface area contributed by atoms with Gasteiger partial charge in [0, 0.05) is 0 Å². The molecule has 0 unspecified atom stereocenters. The third kappa shape index (κ3) is 9.04. The van der Waals surface area contributed by atoms with E-state index in [0.29, 0.717) is 0 Å². The molecule has 3 aromatic carbocycles. The third-order valence-corrected chi connectivity index (χ3v) is 5.49. The van der Waals surface area contributed by atoms with Gasteiger partial charge in [-0.15, -0.1) is 0 Å². The van der Waals surface area contributed by atoms with E-state index in [0.717, 1.165) is 0 Å². The summed E-state index contributed by atoms with van der Waals surface area (Å²) in [6, 6.07) is 32.3. The van der Waals surface area contributed by atoms with E-state index in [9.17, 15) is 0 Å². The van der Waals surface area contributed by atoms with E-state index < -0.39 is 16.2 Å². The minimum atomic E-state index is -3.37. The Hall–Kier alpha value is 0.110. The van der Waals surface area contributed by atoms with Crippen LogP contribution in [0, 0.1) is 0 Å². The maximum atomic E-state index is 8.48. The summed E-state index contributed by atoms with van der Waals surface area (Å²) in [7, 11) is -3.82. The van der Waals surface area contributed by atoms with Crippen molar-refractivity contribution in [1.29, 1.82) is 0 Å². The molecule has 0 heterocycles. The van der Waals surface area contributed by atoms with Gasteiger partial charge in [0.15, 0.2) is 0 Å². The van der Waals surface area contributed by atoms with E-state index in [1.165, 1.54) is 15.9 Å². The zero-order valence-corrected chi connectivity index (χ0v) is 20.1. The van der Waals surface area contributed by atoms with Gasteiger partial charge < -0.3 is 9.79 Å². The Morgan fingerprint density at radius 1 is 0.560 bits per heavy atom. The standard InChI is InChI=1S/C18H15P.2Na.HO3P/c1-4-10-16(11-5-1)19(17-12-6-2-7-13-17)18-14-8-3-9-15-18;;;1-4(2)3/h1-15H;;;(H,1,2,3)/q;2*+1;/p-1. The fourth-order valence-corrected chi connectivity index (χ4v) is 4.48. The van der Waals surface area contributed by atoms with Gasteiger partial charge in [0.05, 0.1) is 0 Å². The van der Waals surface area contributed by atoms with Crippen LogP contribution >= 0.6 is 16.2 Å². The summed E-state index contributed by atoms with van der Waals surface area (Å²) in [5.41, 5.74) is 0. The molecule has 0 saturated heterocycles. The molecule has 0 radical (unpaired) electrons. The van der Waals surface area contributed by atoms with Crippen LogP contribution in [0.25, 0.3) is 0 Å². The summed E-state index contributed by atoms with van der Waals surface area (Å²) >= 11 is 0. The monoisotopic (exact) mass is 387 g/mol. The molecule has 3 nitrogen and oxygen atoms in total. The van der Waals surface area contributed by atoms with Gasteiger partial charge in [0.1, 0.15) is 0 Å². The molecule has 0 aliphatic rings. The second kappa shape index (κ2) is 14.2. The molecule has 3 aromatic rings. The third-order valence-electron chi connectivity index (χ3n) is 3.04. The molecule has 25 heavy (non-hydrogen) atoms. The van der Waals surface area contributed by atoms with Gasteiger partial charge in [-0.2, -0.15) is 0 Å². The average molecular weight is 387 g/mol. The van der Waals surface area contributed by atoms with E-state index in [1.54, 1.807) is 0 Å².